The molecule has 0 bridgehead atoms. The minimum atomic E-state index is 0.494. The van der Waals surface area contributed by atoms with E-state index < -0.39 is 0 Å². The molecule has 1 aromatic heterocycles. The first-order valence-corrected chi connectivity index (χ1v) is 11.9. The van der Waals surface area contributed by atoms with Crippen LogP contribution in [-0.4, -0.2) is 38.3 Å². The molecule has 4 rings (SSSR count). The number of pyridine rings is 1. The third-order valence-corrected chi connectivity index (χ3v) is 6.40. The number of ether oxygens (including phenoxy) is 1. The van der Waals surface area contributed by atoms with Gasteiger partial charge in [0.1, 0.15) is 11.6 Å². The second kappa shape index (κ2) is 10.7. The number of hydrogen-bond acceptors (Lipinski definition) is 5. The first kappa shape index (κ1) is 22.4. The van der Waals surface area contributed by atoms with E-state index >= 15 is 0 Å². The van der Waals surface area contributed by atoms with Crippen molar-refractivity contribution in [3.05, 3.63) is 60.2 Å². The Kier molecular flexibility index (Phi) is 7.48. The number of benzene rings is 2. The van der Waals surface area contributed by atoms with Crippen LogP contribution in [0.4, 0.5) is 11.5 Å². The van der Waals surface area contributed by atoms with E-state index in [1.165, 1.54) is 42.3 Å². The van der Waals surface area contributed by atoms with E-state index in [9.17, 15) is 0 Å². The molecule has 1 heterocycles. The van der Waals surface area contributed by atoms with Crippen LogP contribution in [0.15, 0.2) is 54.6 Å². The van der Waals surface area contributed by atoms with Gasteiger partial charge in [0.2, 0.25) is 0 Å². The summed E-state index contributed by atoms with van der Waals surface area (Å²) in [7, 11) is 4.19. The zero-order chi connectivity index (χ0) is 22.3. The summed E-state index contributed by atoms with van der Waals surface area (Å²) in [6, 6.07) is 19.4. The van der Waals surface area contributed by atoms with Gasteiger partial charge in [-0.05, 0) is 57.2 Å². The topological polar surface area (TPSA) is 49.4 Å². The molecule has 3 aromatic rings. The number of aromatic nitrogens is 1. The van der Waals surface area contributed by atoms with E-state index in [-0.39, 0.29) is 0 Å². The third kappa shape index (κ3) is 5.52. The van der Waals surface area contributed by atoms with Crippen molar-refractivity contribution >= 4 is 22.4 Å². The highest BCUT2D eigenvalue weighted by Crippen LogP contribution is 2.30. The highest BCUT2D eigenvalue weighted by atomic mass is 16.5. The maximum Gasteiger partial charge on any atom is 0.128 e. The number of nitrogens with one attached hydrogen (secondary N) is 2. The molecular formula is C27H36N4O. The summed E-state index contributed by atoms with van der Waals surface area (Å²) in [5.74, 6) is 2.71. The van der Waals surface area contributed by atoms with Crippen LogP contribution >= 0.6 is 0 Å². The molecule has 0 amide bonds. The van der Waals surface area contributed by atoms with Crippen molar-refractivity contribution < 1.29 is 4.74 Å². The number of nitrogens with zero attached hydrogens (tertiary/aromatic N) is 2. The van der Waals surface area contributed by atoms with Gasteiger partial charge in [-0.3, -0.25) is 0 Å². The molecule has 2 aromatic carbocycles. The molecule has 1 aliphatic carbocycles. The largest absolute Gasteiger partial charge is 0.494 e. The SMILES string of the molecule is CCOc1ccccc1CNCC1CCC(Nc2cc(N(C)C)c3ccccc3n2)CC1. The Bertz CT molecular complexity index is 1010. The lowest BCUT2D eigenvalue weighted by atomic mass is 9.86. The minimum Gasteiger partial charge on any atom is -0.494 e. The third-order valence-electron chi connectivity index (χ3n) is 6.40. The van der Waals surface area contributed by atoms with Crippen LogP contribution in [0.25, 0.3) is 10.9 Å². The fourth-order valence-corrected chi connectivity index (χ4v) is 4.68. The van der Waals surface area contributed by atoms with Crippen LogP contribution in [0, 0.1) is 5.92 Å². The van der Waals surface area contributed by atoms with Crippen LogP contribution in [0.2, 0.25) is 0 Å². The molecule has 2 N–H and O–H groups in total. The van der Waals surface area contributed by atoms with Gasteiger partial charge in [-0.2, -0.15) is 0 Å². The van der Waals surface area contributed by atoms with Crippen molar-refractivity contribution in [2.75, 3.05) is 37.5 Å². The smallest absolute Gasteiger partial charge is 0.128 e. The molecule has 0 atom stereocenters. The average molecular weight is 433 g/mol. The van der Waals surface area contributed by atoms with E-state index in [0.717, 1.165) is 36.1 Å². The van der Waals surface area contributed by atoms with Crippen LogP contribution in [0.1, 0.15) is 38.2 Å². The maximum atomic E-state index is 5.74. The molecule has 1 aliphatic rings. The lowest BCUT2D eigenvalue weighted by molar-refractivity contribution is 0.319. The zero-order valence-corrected chi connectivity index (χ0v) is 19.6. The lowest BCUT2D eigenvalue weighted by Crippen LogP contribution is -2.31. The van der Waals surface area contributed by atoms with Gasteiger partial charge < -0.3 is 20.3 Å². The first-order chi connectivity index (χ1) is 15.6. The molecular weight excluding hydrogens is 396 g/mol. The molecule has 0 radical (unpaired) electrons. The molecule has 1 fully saturated rings. The molecule has 0 aliphatic heterocycles. The predicted octanol–water partition coefficient (Wildman–Crippen LogP) is 5.46. The molecule has 32 heavy (non-hydrogen) atoms. The number of para-hydroxylation sites is 2. The van der Waals surface area contributed by atoms with E-state index in [1.54, 1.807) is 0 Å². The molecule has 5 nitrogen and oxygen atoms in total. The summed E-state index contributed by atoms with van der Waals surface area (Å²) in [5, 5.41) is 8.57. The van der Waals surface area contributed by atoms with Crippen LogP contribution in [0.3, 0.4) is 0 Å². The predicted molar refractivity (Wildman–Crippen MR) is 135 cm³/mol. The van der Waals surface area contributed by atoms with Crippen molar-refractivity contribution in [1.29, 1.82) is 0 Å². The first-order valence-electron chi connectivity index (χ1n) is 11.9. The summed E-state index contributed by atoms with van der Waals surface area (Å²) >= 11 is 0. The normalized spacial score (nSPS) is 18.5. The van der Waals surface area contributed by atoms with E-state index in [0.29, 0.717) is 12.6 Å². The molecule has 5 heteroatoms. The quantitative estimate of drug-likeness (QED) is 0.470. The second-order valence-corrected chi connectivity index (χ2v) is 8.97. The van der Waals surface area contributed by atoms with Gasteiger partial charge in [0.05, 0.1) is 12.1 Å². The van der Waals surface area contributed by atoms with Crippen LogP contribution in [-0.2, 0) is 6.54 Å². The fraction of sp³-hybridized carbons (Fsp3) is 0.444. The molecule has 0 unspecified atom stereocenters. The zero-order valence-electron chi connectivity index (χ0n) is 19.6. The van der Waals surface area contributed by atoms with Gasteiger partial charge >= 0.3 is 0 Å². The number of fused-ring (bicyclic) bond motifs is 1. The number of rotatable bonds is 9. The summed E-state index contributed by atoms with van der Waals surface area (Å²) < 4.78 is 5.74. The van der Waals surface area contributed by atoms with Crippen molar-refractivity contribution in [3.63, 3.8) is 0 Å². The maximum absolute atomic E-state index is 5.74. The van der Waals surface area contributed by atoms with E-state index in [1.807, 2.05) is 13.0 Å². The van der Waals surface area contributed by atoms with Crippen molar-refractivity contribution in [1.82, 2.24) is 10.3 Å². The van der Waals surface area contributed by atoms with E-state index in [2.05, 4.69) is 78.2 Å². The summed E-state index contributed by atoms with van der Waals surface area (Å²) in [4.78, 5) is 7.04. The Morgan fingerprint density at radius 1 is 1.00 bits per heavy atom. The van der Waals surface area contributed by atoms with Gasteiger partial charge in [-0.15, -0.1) is 0 Å². The summed E-state index contributed by atoms with van der Waals surface area (Å²) in [6.07, 6.45) is 4.86. The Labute approximate surface area is 192 Å². The Balaban J connectivity index is 1.28. The van der Waals surface area contributed by atoms with Crippen molar-refractivity contribution in [2.45, 2.75) is 45.2 Å². The van der Waals surface area contributed by atoms with E-state index in [4.69, 9.17) is 9.72 Å². The van der Waals surface area contributed by atoms with Gasteiger partial charge in [-0.25, -0.2) is 4.98 Å². The standard InChI is InChI=1S/C27H36N4O/c1-4-32-26-12-8-5-9-21(26)19-28-18-20-13-15-22(16-14-20)29-27-17-25(31(2)3)23-10-6-7-11-24(23)30-27/h5-12,17,20,22,28H,4,13-16,18-19H2,1-3H3,(H,29,30). The average Bonchev–Trinajstić information content (AvgIpc) is 2.81. The lowest BCUT2D eigenvalue weighted by Gasteiger charge is -2.30. The second-order valence-electron chi connectivity index (χ2n) is 8.97. The monoisotopic (exact) mass is 432 g/mol. The Morgan fingerprint density at radius 2 is 1.75 bits per heavy atom. The summed E-state index contributed by atoms with van der Waals surface area (Å²) in [5.41, 5.74) is 3.50. The minimum absolute atomic E-state index is 0.494. The Morgan fingerprint density at radius 3 is 2.53 bits per heavy atom. The molecule has 1 saturated carbocycles. The highest BCUT2D eigenvalue weighted by Gasteiger charge is 2.21. The molecule has 0 spiro atoms. The highest BCUT2D eigenvalue weighted by molar-refractivity contribution is 5.93. The van der Waals surface area contributed by atoms with Crippen molar-refractivity contribution in [3.8, 4) is 5.75 Å². The van der Waals surface area contributed by atoms with Gasteiger partial charge in [-0.1, -0.05) is 36.4 Å². The number of hydrogen-bond donors (Lipinski definition) is 2. The summed E-state index contributed by atoms with van der Waals surface area (Å²) in [6.45, 7) is 4.66. The van der Waals surface area contributed by atoms with Crippen LogP contribution < -0.4 is 20.3 Å². The van der Waals surface area contributed by atoms with Gasteiger partial charge in [0, 0.05) is 49.4 Å². The molecule has 170 valence electrons. The van der Waals surface area contributed by atoms with Gasteiger partial charge in [0.15, 0.2) is 0 Å². The fourth-order valence-electron chi connectivity index (χ4n) is 4.68. The Hall–Kier alpha value is -2.79. The molecule has 0 saturated heterocycles. The van der Waals surface area contributed by atoms with Crippen LogP contribution in [0.5, 0.6) is 5.75 Å². The number of anilines is 2. The van der Waals surface area contributed by atoms with Crippen molar-refractivity contribution in [2.24, 2.45) is 5.92 Å². The van der Waals surface area contributed by atoms with Gasteiger partial charge in [0.25, 0.3) is 0 Å².